The van der Waals surface area contributed by atoms with Crippen LogP contribution in [0.15, 0.2) is 88.9 Å². The average Bonchev–Trinajstić information content (AvgIpc) is 3.24. The molecule has 1 heteroatoms. The predicted octanol–water partition coefficient (Wildman–Crippen LogP) is 8.31. The van der Waals surface area contributed by atoms with Gasteiger partial charge in [0.05, 0.1) is 0 Å². The van der Waals surface area contributed by atoms with Crippen LogP contribution in [0.1, 0.15) is 47.4 Å². The maximum atomic E-state index is 3.91. The van der Waals surface area contributed by atoms with Gasteiger partial charge in [-0.15, -0.1) is 0 Å². The van der Waals surface area contributed by atoms with Gasteiger partial charge in [-0.1, -0.05) is 84.4 Å². The molecular formula is C28H21Br. The molecule has 0 N–H and O–H groups in total. The van der Waals surface area contributed by atoms with Crippen LogP contribution >= 0.6 is 15.9 Å². The molecule has 4 aromatic rings. The van der Waals surface area contributed by atoms with Crippen molar-refractivity contribution in [3.63, 3.8) is 0 Å². The maximum Gasteiger partial charge on any atom is 0.0329 e. The summed E-state index contributed by atoms with van der Waals surface area (Å²) < 4.78 is 1.24. The highest BCUT2D eigenvalue weighted by Gasteiger charge is 2.33. The summed E-state index contributed by atoms with van der Waals surface area (Å²) in [6, 6.07) is 29.0. The van der Waals surface area contributed by atoms with Gasteiger partial charge in [0.1, 0.15) is 0 Å². The molecule has 0 aromatic heterocycles. The summed E-state index contributed by atoms with van der Waals surface area (Å²) in [6.45, 7) is 2.30. The lowest BCUT2D eigenvalue weighted by Gasteiger charge is -2.22. The molecule has 2 aliphatic rings. The summed E-state index contributed by atoms with van der Waals surface area (Å²) in [6.07, 6.45) is 3.51. The van der Waals surface area contributed by atoms with E-state index in [0.29, 0.717) is 11.8 Å². The third-order valence-electron chi connectivity index (χ3n) is 6.79. The van der Waals surface area contributed by atoms with E-state index in [1.807, 2.05) is 0 Å². The fraction of sp³-hybridized carbons (Fsp3) is 0.143. The molecule has 2 aliphatic carbocycles. The first kappa shape index (κ1) is 17.2. The zero-order valence-electron chi connectivity index (χ0n) is 16.3. The minimum absolute atomic E-state index is 0.451. The van der Waals surface area contributed by atoms with Crippen LogP contribution in [0, 0.1) is 0 Å². The Kier molecular flexibility index (Phi) is 3.82. The zero-order valence-corrected chi connectivity index (χ0v) is 17.9. The summed E-state index contributed by atoms with van der Waals surface area (Å²) in [5, 5.41) is 2.62. The van der Waals surface area contributed by atoms with Gasteiger partial charge >= 0.3 is 0 Å². The molecule has 140 valence electrons. The molecule has 0 heterocycles. The quantitative estimate of drug-likeness (QED) is 0.296. The first-order chi connectivity index (χ1) is 14.2. The van der Waals surface area contributed by atoms with Crippen LogP contribution in [0.2, 0.25) is 0 Å². The number of fused-ring (bicyclic) bond motifs is 5. The highest BCUT2D eigenvalue weighted by atomic mass is 79.9. The second-order valence-corrected chi connectivity index (χ2v) is 9.11. The fourth-order valence-corrected chi connectivity index (χ4v) is 6.12. The van der Waals surface area contributed by atoms with E-state index in [1.165, 1.54) is 54.2 Å². The predicted molar refractivity (Wildman–Crippen MR) is 126 cm³/mol. The van der Waals surface area contributed by atoms with Crippen molar-refractivity contribution in [2.45, 2.75) is 25.2 Å². The maximum absolute atomic E-state index is 3.91. The van der Waals surface area contributed by atoms with E-state index < -0.39 is 0 Å². The zero-order chi connectivity index (χ0) is 19.5. The van der Waals surface area contributed by atoms with Gasteiger partial charge in [-0.3, -0.25) is 0 Å². The molecule has 1 unspecified atom stereocenters. The van der Waals surface area contributed by atoms with E-state index in [1.54, 1.807) is 0 Å². The van der Waals surface area contributed by atoms with Gasteiger partial charge in [-0.25, -0.2) is 0 Å². The minimum Gasteiger partial charge on any atom is -0.0651 e. The monoisotopic (exact) mass is 436 g/mol. The van der Waals surface area contributed by atoms with Gasteiger partial charge in [0.2, 0.25) is 0 Å². The van der Waals surface area contributed by atoms with Crippen molar-refractivity contribution in [1.29, 1.82) is 0 Å². The van der Waals surface area contributed by atoms with Gasteiger partial charge in [0.25, 0.3) is 0 Å². The lowest BCUT2D eigenvalue weighted by Crippen LogP contribution is -2.06. The lowest BCUT2D eigenvalue weighted by atomic mass is 9.82. The van der Waals surface area contributed by atoms with Crippen molar-refractivity contribution in [2.24, 2.45) is 0 Å². The number of allylic oxidation sites excluding steroid dienone is 1. The minimum atomic E-state index is 0.451. The van der Waals surface area contributed by atoms with E-state index in [4.69, 9.17) is 0 Å². The molecule has 0 saturated carbocycles. The van der Waals surface area contributed by atoms with E-state index in [9.17, 15) is 0 Å². The molecule has 0 spiro atoms. The number of rotatable bonds is 2. The molecule has 1 atom stereocenters. The highest BCUT2D eigenvalue weighted by Crippen LogP contribution is 2.52. The Balaban J connectivity index is 1.48. The second-order valence-electron chi connectivity index (χ2n) is 8.32. The molecule has 4 aromatic carbocycles. The molecule has 29 heavy (non-hydrogen) atoms. The molecule has 0 nitrogen and oxygen atoms in total. The third-order valence-corrected chi connectivity index (χ3v) is 7.64. The third kappa shape index (κ3) is 2.50. The SMILES string of the molecule is CC1=Cc2c(cc3ccccc3c2Br)C1CC1c2ccccc2-c2ccccc21. The van der Waals surface area contributed by atoms with Crippen LogP contribution in [-0.2, 0) is 0 Å². The molecular weight excluding hydrogens is 416 g/mol. The molecule has 0 saturated heterocycles. The van der Waals surface area contributed by atoms with Crippen LogP contribution in [0.25, 0.3) is 28.0 Å². The second kappa shape index (κ2) is 6.43. The first-order valence-electron chi connectivity index (χ1n) is 10.3. The molecule has 6 rings (SSSR count). The molecule has 0 aliphatic heterocycles. The average molecular weight is 437 g/mol. The Hall–Kier alpha value is -2.64. The van der Waals surface area contributed by atoms with Gasteiger partial charge in [-0.2, -0.15) is 0 Å². The van der Waals surface area contributed by atoms with E-state index in [-0.39, 0.29) is 0 Å². The fourth-order valence-electron chi connectivity index (χ4n) is 5.41. The summed E-state index contributed by atoms with van der Waals surface area (Å²) in [5.41, 5.74) is 10.1. The van der Waals surface area contributed by atoms with E-state index >= 15 is 0 Å². The summed E-state index contributed by atoms with van der Waals surface area (Å²) in [5.74, 6) is 0.905. The topological polar surface area (TPSA) is 0 Å². The Morgan fingerprint density at radius 2 is 1.34 bits per heavy atom. The number of halogens is 1. The summed E-state index contributed by atoms with van der Waals surface area (Å²) in [7, 11) is 0. The Bertz CT molecular complexity index is 1270. The van der Waals surface area contributed by atoms with Crippen molar-refractivity contribution in [2.75, 3.05) is 0 Å². The van der Waals surface area contributed by atoms with Crippen LogP contribution < -0.4 is 0 Å². The molecule has 0 bridgehead atoms. The van der Waals surface area contributed by atoms with Crippen LogP contribution in [-0.4, -0.2) is 0 Å². The summed E-state index contributed by atoms with van der Waals surface area (Å²) >= 11 is 3.91. The van der Waals surface area contributed by atoms with E-state index in [2.05, 4.69) is 108 Å². The highest BCUT2D eigenvalue weighted by molar-refractivity contribution is 9.10. The van der Waals surface area contributed by atoms with Gasteiger partial charge < -0.3 is 0 Å². The van der Waals surface area contributed by atoms with Crippen molar-refractivity contribution < 1.29 is 0 Å². The number of hydrogen-bond acceptors (Lipinski definition) is 0. The Morgan fingerprint density at radius 3 is 2.07 bits per heavy atom. The van der Waals surface area contributed by atoms with Crippen LogP contribution in [0.4, 0.5) is 0 Å². The number of benzene rings is 4. The van der Waals surface area contributed by atoms with Crippen molar-refractivity contribution >= 4 is 32.8 Å². The summed E-state index contributed by atoms with van der Waals surface area (Å²) in [4.78, 5) is 0. The van der Waals surface area contributed by atoms with Crippen LogP contribution in [0.3, 0.4) is 0 Å². The molecule has 0 amide bonds. The van der Waals surface area contributed by atoms with Crippen molar-refractivity contribution in [3.8, 4) is 11.1 Å². The van der Waals surface area contributed by atoms with E-state index in [0.717, 1.165) is 6.42 Å². The standard InChI is InChI=1S/C28H21Br/c1-17-14-27-25(15-18-8-2-3-9-19(18)28(27)29)24(17)16-26-22-12-6-4-10-20(22)21-11-5-7-13-23(21)26/h2-15,24,26H,16H2,1H3. The van der Waals surface area contributed by atoms with Gasteiger partial charge in [0, 0.05) is 16.3 Å². The first-order valence-corrected chi connectivity index (χ1v) is 11.1. The van der Waals surface area contributed by atoms with Gasteiger partial charge in [-0.05, 0) is 79.5 Å². The lowest BCUT2D eigenvalue weighted by molar-refractivity contribution is 0.653. The smallest absolute Gasteiger partial charge is 0.0329 e. The normalized spacial score (nSPS) is 17.2. The van der Waals surface area contributed by atoms with Crippen LogP contribution in [0.5, 0.6) is 0 Å². The van der Waals surface area contributed by atoms with Crippen molar-refractivity contribution in [1.82, 2.24) is 0 Å². The van der Waals surface area contributed by atoms with Crippen molar-refractivity contribution in [3.05, 3.63) is 111 Å². The largest absolute Gasteiger partial charge is 0.0651 e. The Morgan fingerprint density at radius 1 is 0.724 bits per heavy atom. The number of hydrogen-bond donors (Lipinski definition) is 0. The Labute approximate surface area is 180 Å². The van der Waals surface area contributed by atoms with Gasteiger partial charge in [0.15, 0.2) is 0 Å². The molecule has 0 radical (unpaired) electrons. The molecule has 0 fully saturated rings.